The van der Waals surface area contributed by atoms with Crippen molar-refractivity contribution >= 4 is 57.6 Å². The molecule has 1 saturated heterocycles. The lowest BCUT2D eigenvalue weighted by Gasteiger charge is -2.20. The van der Waals surface area contributed by atoms with E-state index in [9.17, 15) is 19.7 Å². The van der Waals surface area contributed by atoms with Gasteiger partial charge in [-0.15, -0.1) is 0 Å². The molecule has 0 atom stereocenters. The number of hydrogen-bond acceptors (Lipinski definition) is 8. The lowest BCUT2D eigenvalue weighted by molar-refractivity contribution is -0.384. The van der Waals surface area contributed by atoms with Gasteiger partial charge >= 0.3 is 0 Å². The molecule has 2 heterocycles. The molecule has 0 spiro atoms. The van der Waals surface area contributed by atoms with Gasteiger partial charge in [-0.2, -0.15) is 5.01 Å². The summed E-state index contributed by atoms with van der Waals surface area (Å²) in [4.78, 5) is 36.2. The number of benzene rings is 2. The summed E-state index contributed by atoms with van der Waals surface area (Å²) in [7, 11) is 1.46. The summed E-state index contributed by atoms with van der Waals surface area (Å²) >= 11 is 6.67. The Morgan fingerprint density at radius 3 is 2.54 bits per heavy atom. The second kappa shape index (κ2) is 10.8. The first-order valence-electron chi connectivity index (χ1n) is 11.0. The Kier molecular flexibility index (Phi) is 7.60. The minimum absolute atomic E-state index is 0.133. The summed E-state index contributed by atoms with van der Waals surface area (Å²) in [6.07, 6.45) is 1.72. The minimum atomic E-state index is -0.542. The number of rotatable bonds is 8. The summed E-state index contributed by atoms with van der Waals surface area (Å²) in [5.74, 6) is -0.0372. The fraction of sp³-hybridized carbons (Fsp3) is 0.160. The van der Waals surface area contributed by atoms with Gasteiger partial charge in [0.2, 0.25) is 0 Å². The Hall–Kier alpha value is -4.16. The van der Waals surface area contributed by atoms with E-state index in [0.29, 0.717) is 26.3 Å². The second-order valence-corrected chi connectivity index (χ2v) is 9.65. The van der Waals surface area contributed by atoms with Crippen LogP contribution < -0.4 is 19.8 Å². The van der Waals surface area contributed by atoms with Crippen LogP contribution in [0, 0.1) is 24.0 Å². The standard InChI is InChI=1S/C25H22N4O6S2/c1-15-7-8-16(2)27(15)28-24(31)22(37-25(28)36)12-17-9-10-20(21(11-17)34-3)35-14-23(30)26-18-5-4-6-19(13-18)29(32)33/h4-13H,14H2,1-3H3,(H,26,30)/b22-12-. The van der Waals surface area contributed by atoms with Gasteiger partial charge in [-0.25, -0.2) is 0 Å². The third kappa shape index (κ3) is 5.65. The summed E-state index contributed by atoms with van der Waals surface area (Å²) in [6, 6.07) is 14.5. The molecule has 0 saturated carbocycles. The molecule has 2 aromatic carbocycles. The molecule has 0 bridgehead atoms. The third-order valence-electron chi connectivity index (χ3n) is 5.39. The van der Waals surface area contributed by atoms with E-state index in [1.54, 1.807) is 35.0 Å². The van der Waals surface area contributed by atoms with Crippen molar-refractivity contribution in [3.63, 3.8) is 0 Å². The van der Waals surface area contributed by atoms with Crippen LogP contribution in [-0.4, -0.2) is 39.5 Å². The molecule has 10 nitrogen and oxygen atoms in total. The van der Waals surface area contributed by atoms with Crippen LogP contribution in [0.3, 0.4) is 0 Å². The predicted molar refractivity (Wildman–Crippen MR) is 146 cm³/mol. The number of anilines is 1. The quantitative estimate of drug-likeness (QED) is 0.192. The molecule has 12 heteroatoms. The van der Waals surface area contributed by atoms with E-state index in [2.05, 4.69) is 5.32 Å². The molecule has 37 heavy (non-hydrogen) atoms. The molecule has 0 radical (unpaired) electrons. The Morgan fingerprint density at radius 2 is 1.86 bits per heavy atom. The molecule has 1 aliphatic rings. The van der Waals surface area contributed by atoms with Crippen molar-refractivity contribution < 1.29 is 24.0 Å². The van der Waals surface area contributed by atoms with E-state index >= 15 is 0 Å². The van der Waals surface area contributed by atoms with E-state index in [1.165, 1.54) is 42.1 Å². The van der Waals surface area contributed by atoms with Crippen LogP contribution in [0.1, 0.15) is 17.0 Å². The average Bonchev–Trinajstić information content (AvgIpc) is 3.33. The topological polar surface area (TPSA) is 116 Å². The number of non-ortho nitro benzene ring substituents is 1. The maximum Gasteiger partial charge on any atom is 0.285 e. The Labute approximate surface area is 222 Å². The highest BCUT2D eigenvalue weighted by molar-refractivity contribution is 8.27. The molecule has 190 valence electrons. The van der Waals surface area contributed by atoms with Gasteiger partial charge in [0.25, 0.3) is 17.5 Å². The fourth-order valence-electron chi connectivity index (χ4n) is 3.69. The summed E-state index contributed by atoms with van der Waals surface area (Å²) in [5.41, 5.74) is 2.63. The molecule has 1 fully saturated rings. The minimum Gasteiger partial charge on any atom is -0.493 e. The lowest BCUT2D eigenvalue weighted by Crippen LogP contribution is -2.39. The van der Waals surface area contributed by atoms with Gasteiger partial charge in [0.05, 0.1) is 16.9 Å². The monoisotopic (exact) mass is 538 g/mol. The zero-order valence-electron chi connectivity index (χ0n) is 20.1. The number of amides is 2. The van der Waals surface area contributed by atoms with E-state index in [-0.39, 0.29) is 23.9 Å². The van der Waals surface area contributed by atoms with Gasteiger partial charge < -0.3 is 14.8 Å². The van der Waals surface area contributed by atoms with Crippen molar-refractivity contribution in [2.45, 2.75) is 13.8 Å². The van der Waals surface area contributed by atoms with E-state index in [1.807, 2.05) is 26.0 Å². The van der Waals surface area contributed by atoms with Gasteiger partial charge in [0.15, 0.2) is 22.4 Å². The number of carbonyl (C=O) groups is 2. The van der Waals surface area contributed by atoms with Crippen molar-refractivity contribution in [3.05, 3.63) is 86.6 Å². The maximum atomic E-state index is 13.1. The van der Waals surface area contributed by atoms with Gasteiger partial charge in [0.1, 0.15) is 0 Å². The first kappa shape index (κ1) is 25.9. The van der Waals surface area contributed by atoms with Crippen LogP contribution in [0.2, 0.25) is 0 Å². The molecular weight excluding hydrogens is 516 g/mol. The van der Waals surface area contributed by atoms with Crippen molar-refractivity contribution in [2.75, 3.05) is 24.0 Å². The largest absolute Gasteiger partial charge is 0.493 e. The van der Waals surface area contributed by atoms with E-state index in [4.69, 9.17) is 21.7 Å². The van der Waals surface area contributed by atoms with Crippen LogP contribution in [0.4, 0.5) is 11.4 Å². The smallest absolute Gasteiger partial charge is 0.285 e. The zero-order valence-corrected chi connectivity index (χ0v) is 21.7. The number of nitrogens with one attached hydrogen (secondary N) is 1. The number of aromatic nitrogens is 1. The molecule has 0 unspecified atom stereocenters. The van der Waals surface area contributed by atoms with Crippen molar-refractivity contribution in [1.82, 2.24) is 4.68 Å². The number of hydrogen-bond donors (Lipinski definition) is 1. The Balaban J connectivity index is 1.45. The van der Waals surface area contributed by atoms with Crippen LogP contribution in [0.25, 0.3) is 6.08 Å². The summed E-state index contributed by atoms with van der Waals surface area (Å²) in [6.45, 7) is 3.47. The molecule has 1 aromatic heterocycles. The van der Waals surface area contributed by atoms with Gasteiger partial charge in [-0.1, -0.05) is 23.9 Å². The van der Waals surface area contributed by atoms with Crippen LogP contribution in [-0.2, 0) is 9.59 Å². The van der Waals surface area contributed by atoms with Crippen molar-refractivity contribution in [3.8, 4) is 11.5 Å². The SMILES string of the molecule is COc1cc(/C=C2\SC(=S)N(n3c(C)ccc3C)C2=O)ccc1OCC(=O)Nc1cccc([N+](=O)[O-])c1. The number of thioether (sulfide) groups is 1. The van der Waals surface area contributed by atoms with Crippen LogP contribution in [0.15, 0.2) is 59.5 Å². The number of carbonyl (C=O) groups excluding carboxylic acids is 2. The van der Waals surface area contributed by atoms with E-state index in [0.717, 1.165) is 11.4 Å². The first-order chi connectivity index (χ1) is 17.7. The second-order valence-electron chi connectivity index (χ2n) is 7.98. The average molecular weight is 539 g/mol. The summed E-state index contributed by atoms with van der Waals surface area (Å²) < 4.78 is 13.2. The number of aryl methyl sites for hydroxylation is 2. The van der Waals surface area contributed by atoms with Crippen molar-refractivity contribution in [1.29, 1.82) is 0 Å². The Morgan fingerprint density at radius 1 is 1.14 bits per heavy atom. The molecule has 1 aliphatic heterocycles. The van der Waals surface area contributed by atoms with Crippen LogP contribution >= 0.6 is 24.0 Å². The molecular formula is C25H22N4O6S2. The number of nitro groups is 1. The highest BCUT2D eigenvalue weighted by atomic mass is 32.2. The normalized spacial score (nSPS) is 14.2. The number of ether oxygens (including phenoxy) is 2. The number of nitro benzene ring substituents is 1. The number of nitrogens with zero attached hydrogens (tertiary/aromatic N) is 3. The zero-order chi connectivity index (χ0) is 26.7. The first-order valence-corrected chi connectivity index (χ1v) is 12.2. The van der Waals surface area contributed by atoms with E-state index < -0.39 is 10.8 Å². The molecule has 2 amide bonds. The fourth-order valence-corrected chi connectivity index (χ4v) is 4.93. The molecule has 4 rings (SSSR count). The van der Waals surface area contributed by atoms with Crippen LogP contribution in [0.5, 0.6) is 11.5 Å². The maximum absolute atomic E-state index is 13.1. The number of thiocarbonyl (C=S) groups is 1. The number of methoxy groups -OCH3 is 1. The third-order valence-corrected chi connectivity index (χ3v) is 6.68. The highest BCUT2D eigenvalue weighted by Gasteiger charge is 2.34. The highest BCUT2D eigenvalue weighted by Crippen LogP contribution is 2.35. The predicted octanol–water partition coefficient (Wildman–Crippen LogP) is 4.58. The molecule has 0 aliphatic carbocycles. The molecule has 1 N–H and O–H groups in total. The Bertz CT molecular complexity index is 1430. The summed E-state index contributed by atoms with van der Waals surface area (Å²) in [5, 5.41) is 14.9. The van der Waals surface area contributed by atoms with Gasteiger partial charge in [-0.3, -0.25) is 24.4 Å². The van der Waals surface area contributed by atoms with Crippen molar-refractivity contribution in [2.24, 2.45) is 0 Å². The molecule has 3 aromatic rings. The van der Waals surface area contributed by atoms with Gasteiger partial charge in [0, 0.05) is 29.2 Å². The van der Waals surface area contributed by atoms with Gasteiger partial charge in [-0.05, 0) is 68.0 Å². The lowest BCUT2D eigenvalue weighted by atomic mass is 10.2.